The summed E-state index contributed by atoms with van der Waals surface area (Å²) in [6.07, 6.45) is 1.68. The fourth-order valence-electron chi connectivity index (χ4n) is 0.448. The first-order chi connectivity index (χ1) is 5.66. The Kier molecular flexibility index (Phi) is 13.8. The average Bonchev–Trinajstić information content (AvgIpc) is 2.05. The summed E-state index contributed by atoms with van der Waals surface area (Å²) >= 11 is 6.38. The zero-order valence-electron chi connectivity index (χ0n) is 7.14. The quantitative estimate of drug-likeness (QED) is 0.256. The molecule has 0 fully saturated rings. The summed E-state index contributed by atoms with van der Waals surface area (Å²) in [7, 11) is 0. The van der Waals surface area contributed by atoms with E-state index in [2.05, 4.69) is 35.7 Å². The van der Waals surface area contributed by atoms with Gasteiger partial charge in [-0.3, -0.25) is 4.79 Å². The van der Waals surface area contributed by atoms with Crippen LogP contribution in [0, 0.1) is 0 Å². The molecule has 1 radical (unpaired) electrons. The molecule has 3 N–H and O–H groups in total. The normalized spacial score (nSPS) is 7.31. The molecule has 7 heteroatoms. The largest absolute Gasteiger partial charge is 0.308 e. The van der Waals surface area contributed by atoms with Crippen molar-refractivity contribution in [3.63, 3.8) is 0 Å². The Balaban J connectivity index is 0. The minimum Gasteiger partial charge on any atom is -0.308 e. The zero-order valence-corrected chi connectivity index (χ0v) is 12.0. The van der Waals surface area contributed by atoms with E-state index in [0.717, 1.165) is 0 Å². The van der Waals surface area contributed by atoms with Gasteiger partial charge in [-0.2, -0.15) is 0 Å². The number of thiol groups is 2. The van der Waals surface area contributed by atoms with Gasteiger partial charge in [-0.15, -0.1) is 0 Å². The molecular weight excluding hydrogens is 233 g/mol. The molecule has 0 atom stereocenters. The van der Waals surface area contributed by atoms with Crippen molar-refractivity contribution in [2.45, 2.75) is 0 Å². The van der Waals surface area contributed by atoms with Crippen molar-refractivity contribution in [1.82, 2.24) is 4.98 Å². The number of nitrogen functional groups attached to an aromatic ring is 1. The Bertz CT molecular complexity index is 231. The van der Waals surface area contributed by atoms with Gasteiger partial charge in [-0.05, 0) is 12.1 Å². The maximum atomic E-state index is 9.17. The standard InChI is InChI=1S/C5H7N3.CH2OS2.K/c6-8-5-3-1-2-4-7-5;2-1(3)4;/h1-4H,6H2,(H,7,8);(H2,2,3,4);. The first kappa shape index (κ1) is 16.4. The summed E-state index contributed by atoms with van der Waals surface area (Å²) in [5.74, 6) is 5.72. The number of nitrogens with zero attached hydrogens (tertiary/aromatic N) is 1. The minimum absolute atomic E-state index is 0. The third kappa shape index (κ3) is 12.9. The number of carbonyl (C=O) groups is 1. The van der Waals surface area contributed by atoms with E-state index in [1.807, 2.05) is 12.1 Å². The van der Waals surface area contributed by atoms with E-state index < -0.39 is 4.45 Å². The van der Waals surface area contributed by atoms with Gasteiger partial charge in [0.1, 0.15) is 5.82 Å². The Hall–Kier alpha value is 0.916. The molecule has 0 unspecified atom stereocenters. The van der Waals surface area contributed by atoms with E-state index in [4.69, 9.17) is 5.84 Å². The fraction of sp³-hybridized carbons (Fsp3) is 0. The van der Waals surface area contributed by atoms with E-state index in [1.165, 1.54) is 0 Å². The van der Waals surface area contributed by atoms with Crippen LogP contribution in [0.5, 0.6) is 0 Å². The third-order valence-electron chi connectivity index (χ3n) is 0.813. The molecule has 67 valence electrons. The van der Waals surface area contributed by atoms with Crippen LogP contribution < -0.4 is 11.3 Å². The molecule has 0 spiro atoms. The van der Waals surface area contributed by atoms with Gasteiger partial charge in [0.2, 0.25) is 4.45 Å². The second-order valence-corrected chi connectivity index (χ2v) is 2.81. The molecule has 1 heterocycles. The second-order valence-electron chi connectivity index (χ2n) is 1.64. The van der Waals surface area contributed by atoms with Crippen LogP contribution in [0.1, 0.15) is 0 Å². The molecule has 0 amide bonds. The van der Waals surface area contributed by atoms with Crippen molar-refractivity contribution in [2.75, 3.05) is 5.43 Å². The van der Waals surface area contributed by atoms with Gasteiger partial charge in [0.15, 0.2) is 0 Å². The maximum absolute atomic E-state index is 9.17. The van der Waals surface area contributed by atoms with Crippen molar-refractivity contribution < 1.29 is 4.79 Å². The predicted molar refractivity (Wildman–Crippen MR) is 61.2 cm³/mol. The van der Waals surface area contributed by atoms with E-state index in [9.17, 15) is 4.79 Å². The molecule has 0 aliphatic rings. The van der Waals surface area contributed by atoms with Crippen molar-refractivity contribution in [2.24, 2.45) is 5.84 Å². The molecule has 1 rings (SSSR count). The van der Waals surface area contributed by atoms with Crippen LogP contribution >= 0.6 is 25.3 Å². The summed E-state index contributed by atoms with van der Waals surface area (Å²) in [5.41, 5.74) is 2.42. The molecule has 0 bridgehead atoms. The zero-order chi connectivity index (χ0) is 9.40. The summed E-state index contributed by atoms with van der Waals surface area (Å²) in [6, 6.07) is 5.49. The molecule has 0 aromatic carbocycles. The van der Waals surface area contributed by atoms with Gasteiger partial charge in [0.25, 0.3) is 0 Å². The smallest absolute Gasteiger partial charge is 0.239 e. The van der Waals surface area contributed by atoms with Crippen LogP contribution in [0.15, 0.2) is 24.4 Å². The van der Waals surface area contributed by atoms with Crippen molar-refractivity contribution >= 4 is 86.9 Å². The molecular formula is C6H9KN3OS2. The molecule has 0 saturated carbocycles. The van der Waals surface area contributed by atoms with E-state index in [1.54, 1.807) is 12.3 Å². The number of hydrogen-bond acceptors (Lipinski definition) is 4. The van der Waals surface area contributed by atoms with Crippen LogP contribution in [-0.4, -0.2) is 60.8 Å². The molecule has 0 saturated heterocycles. The van der Waals surface area contributed by atoms with Crippen LogP contribution in [0.2, 0.25) is 0 Å². The minimum atomic E-state index is -0.444. The Morgan fingerprint density at radius 3 is 2.23 bits per heavy atom. The van der Waals surface area contributed by atoms with Crippen LogP contribution in [0.4, 0.5) is 10.6 Å². The van der Waals surface area contributed by atoms with E-state index >= 15 is 0 Å². The number of nitrogens with two attached hydrogens (primary N) is 1. The van der Waals surface area contributed by atoms with E-state index in [-0.39, 0.29) is 51.4 Å². The summed E-state index contributed by atoms with van der Waals surface area (Å²) in [6.45, 7) is 0. The molecule has 4 nitrogen and oxygen atoms in total. The number of nitrogens with one attached hydrogen (secondary N) is 1. The number of carbonyl (C=O) groups excluding carboxylic acids is 1. The summed E-state index contributed by atoms with van der Waals surface area (Å²) in [4.78, 5) is 13.0. The Morgan fingerprint density at radius 2 is 2.00 bits per heavy atom. The summed E-state index contributed by atoms with van der Waals surface area (Å²) in [5, 5.41) is 0. The number of anilines is 1. The van der Waals surface area contributed by atoms with Crippen LogP contribution in [0.25, 0.3) is 0 Å². The molecule has 0 aliphatic heterocycles. The first-order valence-electron chi connectivity index (χ1n) is 2.96. The first-order valence-corrected chi connectivity index (χ1v) is 3.85. The summed E-state index contributed by atoms with van der Waals surface area (Å²) < 4.78 is -0.444. The van der Waals surface area contributed by atoms with Gasteiger partial charge in [0, 0.05) is 57.6 Å². The molecule has 1 aromatic heterocycles. The van der Waals surface area contributed by atoms with E-state index in [0.29, 0.717) is 5.82 Å². The molecule has 1 aromatic rings. The number of hydrazine groups is 1. The second kappa shape index (κ2) is 11.0. The molecule has 13 heavy (non-hydrogen) atoms. The third-order valence-corrected chi connectivity index (χ3v) is 0.813. The number of hydrogen-bond donors (Lipinski definition) is 4. The monoisotopic (exact) mass is 242 g/mol. The van der Waals surface area contributed by atoms with Crippen molar-refractivity contribution in [3.05, 3.63) is 24.4 Å². The van der Waals surface area contributed by atoms with Gasteiger partial charge in [0.05, 0.1) is 0 Å². The van der Waals surface area contributed by atoms with Gasteiger partial charge in [-0.25, -0.2) is 10.8 Å². The predicted octanol–water partition coefficient (Wildman–Crippen LogP) is 0.952. The number of rotatable bonds is 1. The van der Waals surface area contributed by atoms with Gasteiger partial charge < -0.3 is 5.43 Å². The van der Waals surface area contributed by atoms with Gasteiger partial charge in [-0.1, -0.05) is 31.3 Å². The number of aromatic nitrogens is 1. The average molecular weight is 242 g/mol. The fourth-order valence-corrected chi connectivity index (χ4v) is 0.448. The Labute approximate surface area is 130 Å². The van der Waals surface area contributed by atoms with Crippen molar-refractivity contribution in [3.8, 4) is 0 Å². The van der Waals surface area contributed by atoms with Gasteiger partial charge >= 0.3 is 0 Å². The Morgan fingerprint density at radius 1 is 1.46 bits per heavy atom. The van der Waals surface area contributed by atoms with Crippen LogP contribution in [0.3, 0.4) is 0 Å². The van der Waals surface area contributed by atoms with Crippen LogP contribution in [-0.2, 0) is 0 Å². The SMILES string of the molecule is NNc1ccccn1.O=C(S)S.[K]. The topological polar surface area (TPSA) is 68.0 Å². The van der Waals surface area contributed by atoms with Crippen molar-refractivity contribution in [1.29, 1.82) is 0 Å². The number of pyridine rings is 1. The molecule has 0 aliphatic carbocycles. The maximum Gasteiger partial charge on any atom is 0.239 e.